The fourth-order valence-electron chi connectivity index (χ4n) is 1.69. The molecule has 0 unspecified atom stereocenters. The number of halogens is 2. The molecule has 1 nitrogen and oxygen atoms in total. The Morgan fingerprint density at radius 1 is 1.00 bits per heavy atom. The van der Waals surface area contributed by atoms with Crippen LogP contribution in [0.3, 0.4) is 0 Å². The average Bonchev–Trinajstić information content (AvgIpc) is 2.28. The molecule has 0 heterocycles. The summed E-state index contributed by atoms with van der Waals surface area (Å²) in [7, 11) is 0. The predicted octanol–water partition coefficient (Wildman–Crippen LogP) is 4.12. The van der Waals surface area contributed by atoms with Crippen LogP contribution in [-0.4, -0.2) is 0 Å². The number of hydrogen-bond acceptors (Lipinski definition) is 1. The molecular weight excluding hydrogens is 241 g/mol. The molecule has 0 amide bonds. The molecular formula is C13H11Cl2N. The van der Waals surface area contributed by atoms with E-state index in [0.29, 0.717) is 16.6 Å². The lowest BCUT2D eigenvalue weighted by molar-refractivity contribution is 1.07. The number of nitrogens with two attached hydrogens (primary N) is 1. The van der Waals surface area contributed by atoms with Crippen molar-refractivity contribution >= 4 is 23.2 Å². The van der Waals surface area contributed by atoms with Gasteiger partial charge in [-0.15, -0.1) is 0 Å². The Kier molecular flexibility index (Phi) is 3.49. The lowest BCUT2D eigenvalue weighted by Crippen LogP contribution is -1.99. The second kappa shape index (κ2) is 4.88. The predicted molar refractivity (Wildman–Crippen MR) is 69.8 cm³/mol. The molecule has 0 aliphatic carbocycles. The van der Waals surface area contributed by atoms with Gasteiger partial charge in [-0.25, -0.2) is 0 Å². The highest BCUT2D eigenvalue weighted by Crippen LogP contribution is 2.30. The lowest BCUT2D eigenvalue weighted by Gasteiger charge is -2.10. The van der Waals surface area contributed by atoms with E-state index in [1.807, 2.05) is 42.5 Å². The molecule has 0 aromatic heterocycles. The van der Waals surface area contributed by atoms with Crippen LogP contribution in [0.2, 0.25) is 10.0 Å². The highest BCUT2D eigenvalue weighted by molar-refractivity contribution is 6.32. The van der Waals surface area contributed by atoms with Crippen LogP contribution in [0.15, 0.2) is 42.5 Å². The molecule has 3 heteroatoms. The van der Waals surface area contributed by atoms with Crippen LogP contribution in [0.25, 0.3) is 11.1 Å². The Balaban J connectivity index is 2.60. The molecule has 2 rings (SSSR count). The second-order valence-corrected chi connectivity index (χ2v) is 4.32. The van der Waals surface area contributed by atoms with E-state index in [2.05, 4.69) is 0 Å². The van der Waals surface area contributed by atoms with Crippen LogP contribution in [0, 0.1) is 0 Å². The van der Waals surface area contributed by atoms with Crippen molar-refractivity contribution in [3.05, 3.63) is 58.1 Å². The van der Waals surface area contributed by atoms with Crippen molar-refractivity contribution in [2.45, 2.75) is 6.54 Å². The van der Waals surface area contributed by atoms with Gasteiger partial charge in [-0.1, -0.05) is 47.5 Å². The molecule has 0 saturated carbocycles. The van der Waals surface area contributed by atoms with E-state index in [4.69, 9.17) is 28.9 Å². The van der Waals surface area contributed by atoms with Gasteiger partial charge in [0.25, 0.3) is 0 Å². The molecule has 0 saturated heterocycles. The van der Waals surface area contributed by atoms with Crippen molar-refractivity contribution < 1.29 is 0 Å². The van der Waals surface area contributed by atoms with Crippen molar-refractivity contribution in [3.8, 4) is 11.1 Å². The van der Waals surface area contributed by atoms with Crippen molar-refractivity contribution in [1.82, 2.24) is 0 Å². The van der Waals surface area contributed by atoms with Gasteiger partial charge in [0.15, 0.2) is 0 Å². The Hall–Kier alpha value is -1.02. The summed E-state index contributed by atoms with van der Waals surface area (Å²) in [6, 6.07) is 13.4. The summed E-state index contributed by atoms with van der Waals surface area (Å²) in [5.74, 6) is 0. The van der Waals surface area contributed by atoms with E-state index in [1.165, 1.54) is 0 Å². The summed E-state index contributed by atoms with van der Waals surface area (Å²) >= 11 is 12.1. The van der Waals surface area contributed by atoms with E-state index in [-0.39, 0.29) is 0 Å². The molecule has 0 atom stereocenters. The summed E-state index contributed by atoms with van der Waals surface area (Å²) in [6.07, 6.45) is 0. The molecule has 2 N–H and O–H groups in total. The van der Waals surface area contributed by atoms with E-state index in [9.17, 15) is 0 Å². The minimum absolute atomic E-state index is 0.418. The van der Waals surface area contributed by atoms with Gasteiger partial charge in [0.2, 0.25) is 0 Å². The molecule has 16 heavy (non-hydrogen) atoms. The van der Waals surface area contributed by atoms with E-state index >= 15 is 0 Å². The Morgan fingerprint density at radius 3 is 2.44 bits per heavy atom. The van der Waals surface area contributed by atoms with Crippen molar-refractivity contribution in [1.29, 1.82) is 0 Å². The molecule has 0 aliphatic heterocycles. The van der Waals surface area contributed by atoms with Crippen molar-refractivity contribution in [2.24, 2.45) is 5.73 Å². The van der Waals surface area contributed by atoms with Crippen molar-refractivity contribution in [2.75, 3.05) is 0 Å². The van der Waals surface area contributed by atoms with Crippen LogP contribution in [0.5, 0.6) is 0 Å². The van der Waals surface area contributed by atoms with Crippen LogP contribution in [0.1, 0.15) is 5.56 Å². The molecule has 82 valence electrons. The van der Waals surface area contributed by atoms with Crippen LogP contribution in [-0.2, 0) is 6.54 Å². The SMILES string of the molecule is NCc1c(Cl)cccc1-c1cccc(Cl)c1. The minimum atomic E-state index is 0.418. The Bertz CT molecular complexity index is 509. The van der Waals surface area contributed by atoms with Gasteiger partial charge in [-0.05, 0) is 34.9 Å². The highest BCUT2D eigenvalue weighted by atomic mass is 35.5. The summed E-state index contributed by atoms with van der Waals surface area (Å²) < 4.78 is 0. The fraction of sp³-hybridized carbons (Fsp3) is 0.0769. The first-order valence-electron chi connectivity index (χ1n) is 4.96. The largest absolute Gasteiger partial charge is 0.326 e. The summed E-state index contributed by atoms with van der Waals surface area (Å²) in [6.45, 7) is 0.418. The number of benzene rings is 2. The van der Waals surface area contributed by atoms with Crippen molar-refractivity contribution in [3.63, 3.8) is 0 Å². The Labute approximate surface area is 105 Å². The Morgan fingerprint density at radius 2 is 1.75 bits per heavy atom. The molecule has 2 aromatic carbocycles. The summed E-state index contributed by atoms with van der Waals surface area (Å²) in [5, 5.41) is 1.40. The summed E-state index contributed by atoms with van der Waals surface area (Å²) in [4.78, 5) is 0. The van der Waals surface area contributed by atoms with Gasteiger partial charge < -0.3 is 5.73 Å². The van der Waals surface area contributed by atoms with Gasteiger partial charge >= 0.3 is 0 Å². The number of hydrogen-bond donors (Lipinski definition) is 1. The standard InChI is InChI=1S/C13H11Cl2N/c14-10-4-1-3-9(7-10)11-5-2-6-13(15)12(11)8-16/h1-7H,8,16H2. The summed E-state index contributed by atoms with van der Waals surface area (Å²) in [5.41, 5.74) is 8.74. The lowest BCUT2D eigenvalue weighted by atomic mass is 10.00. The highest BCUT2D eigenvalue weighted by Gasteiger charge is 2.07. The van der Waals surface area contributed by atoms with E-state index in [0.717, 1.165) is 16.7 Å². The zero-order valence-corrected chi connectivity index (χ0v) is 10.1. The topological polar surface area (TPSA) is 26.0 Å². The zero-order valence-electron chi connectivity index (χ0n) is 8.58. The van der Waals surface area contributed by atoms with Crippen LogP contribution >= 0.6 is 23.2 Å². The fourth-order valence-corrected chi connectivity index (χ4v) is 2.13. The quantitative estimate of drug-likeness (QED) is 0.854. The molecule has 0 aliphatic rings. The first-order chi connectivity index (χ1) is 7.72. The zero-order chi connectivity index (χ0) is 11.5. The maximum absolute atomic E-state index is 6.11. The van der Waals surface area contributed by atoms with E-state index in [1.54, 1.807) is 0 Å². The first kappa shape index (κ1) is 11.5. The second-order valence-electron chi connectivity index (χ2n) is 3.48. The maximum atomic E-state index is 6.11. The first-order valence-corrected chi connectivity index (χ1v) is 5.71. The van der Waals surface area contributed by atoms with Crippen LogP contribution in [0.4, 0.5) is 0 Å². The van der Waals surface area contributed by atoms with Gasteiger partial charge in [0, 0.05) is 16.6 Å². The molecule has 0 bridgehead atoms. The van der Waals surface area contributed by atoms with Gasteiger partial charge in [0.1, 0.15) is 0 Å². The molecule has 2 aromatic rings. The smallest absolute Gasteiger partial charge is 0.0457 e. The normalized spacial score (nSPS) is 10.4. The van der Waals surface area contributed by atoms with E-state index < -0.39 is 0 Å². The van der Waals surface area contributed by atoms with Gasteiger partial charge in [0.05, 0.1) is 0 Å². The van der Waals surface area contributed by atoms with Gasteiger partial charge in [-0.2, -0.15) is 0 Å². The molecule has 0 spiro atoms. The number of rotatable bonds is 2. The van der Waals surface area contributed by atoms with Crippen LogP contribution < -0.4 is 5.73 Å². The monoisotopic (exact) mass is 251 g/mol. The third kappa shape index (κ3) is 2.22. The molecule has 0 radical (unpaired) electrons. The van der Waals surface area contributed by atoms with Gasteiger partial charge in [-0.3, -0.25) is 0 Å². The molecule has 0 fully saturated rings. The average molecular weight is 252 g/mol. The maximum Gasteiger partial charge on any atom is 0.0457 e. The third-order valence-corrected chi connectivity index (χ3v) is 3.05. The minimum Gasteiger partial charge on any atom is -0.326 e. The third-order valence-electron chi connectivity index (χ3n) is 2.46.